The van der Waals surface area contributed by atoms with Gasteiger partial charge in [-0.15, -0.1) is 0 Å². The van der Waals surface area contributed by atoms with E-state index in [-0.39, 0.29) is 0 Å². The van der Waals surface area contributed by atoms with E-state index >= 15 is 0 Å². The topological polar surface area (TPSA) is 72.8 Å². The highest BCUT2D eigenvalue weighted by atomic mass is 16.5. The summed E-state index contributed by atoms with van der Waals surface area (Å²) in [5.41, 5.74) is -1.61. The van der Waals surface area contributed by atoms with Gasteiger partial charge in [0, 0.05) is 0 Å². The van der Waals surface area contributed by atoms with Gasteiger partial charge < -0.3 is 14.6 Å². The first kappa shape index (κ1) is 10.9. The van der Waals surface area contributed by atoms with E-state index in [1.807, 2.05) is 0 Å². The summed E-state index contributed by atoms with van der Waals surface area (Å²) in [6, 6.07) is 0. The smallest absolute Gasteiger partial charge is 0.325 e. The van der Waals surface area contributed by atoms with E-state index in [0.29, 0.717) is 0 Å². The number of ether oxygens (including phenoxy) is 2. The zero-order valence-electron chi connectivity index (χ0n) is 7.29. The fourth-order valence-electron chi connectivity index (χ4n) is 0.663. The maximum absolute atomic E-state index is 11.0. The zero-order valence-corrected chi connectivity index (χ0v) is 7.29. The molecule has 0 aromatic heterocycles. The number of hydrogen-bond donors (Lipinski definition) is 1. The Morgan fingerprint density at radius 1 is 1.25 bits per heavy atom. The van der Waals surface area contributed by atoms with Crippen LogP contribution in [0.4, 0.5) is 0 Å². The predicted octanol–water partition coefficient (Wildman–Crippen LogP) is -0.669. The van der Waals surface area contributed by atoms with Crippen LogP contribution >= 0.6 is 0 Å². The zero-order chi connectivity index (χ0) is 9.78. The average molecular weight is 176 g/mol. The second-order valence-corrected chi connectivity index (χ2v) is 2.47. The molecule has 0 spiro atoms. The van der Waals surface area contributed by atoms with E-state index in [0.717, 1.165) is 14.2 Å². The number of rotatable bonds is 3. The standard InChI is InChI=1S/C7H12O5/c1-7(4-8,5(9)11-2)6(10)12-3/h8H,4H2,1-3H3. The van der Waals surface area contributed by atoms with E-state index in [1.165, 1.54) is 6.92 Å². The van der Waals surface area contributed by atoms with Crippen LogP contribution in [0.15, 0.2) is 0 Å². The molecule has 12 heavy (non-hydrogen) atoms. The third kappa shape index (κ3) is 1.73. The highest BCUT2D eigenvalue weighted by Crippen LogP contribution is 2.18. The Bertz CT molecular complexity index is 170. The van der Waals surface area contributed by atoms with Gasteiger partial charge in [-0.3, -0.25) is 9.59 Å². The van der Waals surface area contributed by atoms with Crippen molar-refractivity contribution in [3.8, 4) is 0 Å². The molecule has 0 aliphatic heterocycles. The number of carbonyl (C=O) groups is 2. The van der Waals surface area contributed by atoms with Gasteiger partial charge in [-0.1, -0.05) is 0 Å². The van der Waals surface area contributed by atoms with Crippen molar-refractivity contribution in [2.75, 3.05) is 20.8 Å². The number of methoxy groups -OCH3 is 2. The van der Waals surface area contributed by atoms with Gasteiger partial charge in [0.2, 0.25) is 0 Å². The predicted molar refractivity (Wildman–Crippen MR) is 39.2 cm³/mol. The fourth-order valence-corrected chi connectivity index (χ4v) is 0.663. The number of aliphatic hydroxyl groups is 1. The second kappa shape index (κ2) is 4.06. The van der Waals surface area contributed by atoms with E-state index in [2.05, 4.69) is 9.47 Å². The van der Waals surface area contributed by atoms with Crippen LogP contribution in [-0.2, 0) is 19.1 Å². The number of esters is 2. The molecule has 0 radical (unpaired) electrons. The van der Waals surface area contributed by atoms with Crippen LogP contribution in [0.3, 0.4) is 0 Å². The van der Waals surface area contributed by atoms with Crippen molar-refractivity contribution in [2.24, 2.45) is 5.41 Å². The molecule has 70 valence electrons. The van der Waals surface area contributed by atoms with Gasteiger partial charge in [0.25, 0.3) is 0 Å². The van der Waals surface area contributed by atoms with Gasteiger partial charge in [-0.2, -0.15) is 0 Å². The van der Waals surface area contributed by atoms with Crippen LogP contribution in [0.25, 0.3) is 0 Å². The minimum Gasteiger partial charge on any atom is -0.468 e. The normalized spacial score (nSPS) is 10.7. The van der Waals surface area contributed by atoms with Crippen molar-refractivity contribution in [2.45, 2.75) is 6.92 Å². The first-order chi connectivity index (χ1) is 5.52. The van der Waals surface area contributed by atoms with Crippen molar-refractivity contribution >= 4 is 11.9 Å². The lowest BCUT2D eigenvalue weighted by molar-refractivity contribution is -0.170. The molecule has 0 amide bonds. The van der Waals surface area contributed by atoms with Crippen LogP contribution in [0.5, 0.6) is 0 Å². The lowest BCUT2D eigenvalue weighted by Crippen LogP contribution is -2.41. The Kier molecular flexibility index (Phi) is 3.69. The first-order valence-electron chi connectivity index (χ1n) is 3.30. The molecular weight excluding hydrogens is 164 g/mol. The molecular formula is C7H12O5. The van der Waals surface area contributed by atoms with Gasteiger partial charge in [0.05, 0.1) is 20.8 Å². The van der Waals surface area contributed by atoms with Crippen LogP contribution in [0.1, 0.15) is 6.92 Å². The summed E-state index contributed by atoms with van der Waals surface area (Å²) in [6.07, 6.45) is 0. The average Bonchev–Trinajstić information content (AvgIpc) is 2.13. The molecule has 0 aliphatic rings. The van der Waals surface area contributed by atoms with Crippen molar-refractivity contribution < 1.29 is 24.2 Å². The Morgan fingerprint density at radius 2 is 1.58 bits per heavy atom. The lowest BCUT2D eigenvalue weighted by Gasteiger charge is -2.20. The molecule has 0 saturated heterocycles. The summed E-state index contributed by atoms with van der Waals surface area (Å²) in [7, 11) is 2.28. The summed E-state index contributed by atoms with van der Waals surface area (Å²) < 4.78 is 8.66. The van der Waals surface area contributed by atoms with E-state index in [4.69, 9.17) is 5.11 Å². The largest absolute Gasteiger partial charge is 0.468 e. The van der Waals surface area contributed by atoms with E-state index in [9.17, 15) is 9.59 Å². The molecule has 0 aliphatic carbocycles. The Morgan fingerprint density at radius 3 is 1.75 bits per heavy atom. The van der Waals surface area contributed by atoms with Crippen molar-refractivity contribution in [1.82, 2.24) is 0 Å². The molecule has 0 heterocycles. The summed E-state index contributed by atoms with van der Waals surface area (Å²) in [5.74, 6) is -1.62. The van der Waals surface area contributed by atoms with Crippen molar-refractivity contribution in [3.05, 3.63) is 0 Å². The molecule has 1 N–H and O–H groups in total. The number of carbonyl (C=O) groups excluding carboxylic acids is 2. The molecule has 0 fully saturated rings. The molecule has 0 saturated carbocycles. The third-order valence-electron chi connectivity index (χ3n) is 1.59. The third-order valence-corrected chi connectivity index (χ3v) is 1.59. The summed E-state index contributed by atoms with van der Waals surface area (Å²) >= 11 is 0. The molecule has 0 rings (SSSR count). The Balaban J connectivity index is 4.66. The molecule has 5 heteroatoms. The van der Waals surface area contributed by atoms with Gasteiger partial charge in [0.15, 0.2) is 5.41 Å². The maximum Gasteiger partial charge on any atom is 0.325 e. The van der Waals surface area contributed by atoms with Crippen LogP contribution < -0.4 is 0 Å². The minimum atomic E-state index is -1.61. The maximum atomic E-state index is 11.0. The molecule has 0 bridgehead atoms. The highest BCUT2D eigenvalue weighted by Gasteiger charge is 2.43. The summed E-state index contributed by atoms with van der Waals surface area (Å²) in [5, 5.41) is 8.79. The monoisotopic (exact) mass is 176 g/mol. The van der Waals surface area contributed by atoms with Crippen molar-refractivity contribution in [1.29, 1.82) is 0 Å². The fraction of sp³-hybridized carbons (Fsp3) is 0.714. The van der Waals surface area contributed by atoms with Crippen molar-refractivity contribution in [3.63, 3.8) is 0 Å². The minimum absolute atomic E-state index is 0.633. The number of hydrogen-bond acceptors (Lipinski definition) is 5. The van der Waals surface area contributed by atoms with Gasteiger partial charge in [-0.25, -0.2) is 0 Å². The SMILES string of the molecule is COC(=O)C(C)(CO)C(=O)OC. The van der Waals surface area contributed by atoms with E-state index < -0.39 is 24.0 Å². The van der Waals surface area contributed by atoms with Gasteiger partial charge in [-0.05, 0) is 6.92 Å². The molecule has 0 unspecified atom stereocenters. The Labute approximate surface area is 70.3 Å². The van der Waals surface area contributed by atoms with Gasteiger partial charge in [0.1, 0.15) is 0 Å². The molecule has 0 aromatic rings. The summed E-state index contributed by atoms with van der Waals surface area (Å²) in [4.78, 5) is 22.0. The van der Waals surface area contributed by atoms with Crippen LogP contribution in [-0.4, -0.2) is 37.9 Å². The van der Waals surface area contributed by atoms with Crippen LogP contribution in [0.2, 0.25) is 0 Å². The van der Waals surface area contributed by atoms with E-state index in [1.54, 1.807) is 0 Å². The first-order valence-corrected chi connectivity index (χ1v) is 3.30. The second-order valence-electron chi connectivity index (χ2n) is 2.47. The lowest BCUT2D eigenvalue weighted by atomic mass is 9.92. The highest BCUT2D eigenvalue weighted by molar-refractivity contribution is 5.99. The van der Waals surface area contributed by atoms with Crippen LogP contribution in [0, 0.1) is 5.41 Å². The molecule has 0 atom stereocenters. The van der Waals surface area contributed by atoms with Gasteiger partial charge >= 0.3 is 11.9 Å². The number of aliphatic hydroxyl groups excluding tert-OH is 1. The summed E-state index contributed by atoms with van der Waals surface area (Å²) in [6.45, 7) is 0.622. The molecule has 5 nitrogen and oxygen atoms in total. The quantitative estimate of drug-likeness (QED) is 0.456. The Hall–Kier alpha value is -1.10. The molecule has 0 aromatic carbocycles.